The number of ether oxygens (including phenoxy) is 1. The second kappa shape index (κ2) is 6.14. The van der Waals surface area contributed by atoms with Crippen LogP contribution in [0.3, 0.4) is 0 Å². The Balaban J connectivity index is 2.06. The zero-order valence-electron chi connectivity index (χ0n) is 11.2. The lowest BCUT2D eigenvalue weighted by Crippen LogP contribution is -2.34. The Morgan fingerprint density at radius 1 is 1.29 bits per heavy atom. The van der Waals surface area contributed by atoms with E-state index in [-0.39, 0.29) is 24.5 Å². The molecule has 0 aliphatic carbocycles. The van der Waals surface area contributed by atoms with Gasteiger partial charge < -0.3 is 10.1 Å². The van der Waals surface area contributed by atoms with Crippen molar-refractivity contribution in [1.82, 2.24) is 4.90 Å². The highest BCUT2D eigenvalue weighted by Gasteiger charge is 2.30. The lowest BCUT2D eigenvalue weighted by atomic mass is 10.2. The van der Waals surface area contributed by atoms with Crippen molar-refractivity contribution >= 4 is 23.2 Å². The van der Waals surface area contributed by atoms with E-state index >= 15 is 0 Å². The molecule has 0 spiro atoms. The van der Waals surface area contributed by atoms with Gasteiger partial charge in [-0.15, -0.1) is 0 Å². The summed E-state index contributed by atoms with van der Waals surface area (Å²) < 4.78 is 4.84. The molecule has 8 heteroatoms. The van der Waals surface area contributed by atoms with Crippen LogP contribution < -0.4 is 5.32 Å². The van der Waals surface area contributed by atoms with Gasteiger partial charge in [-0.2, -0.15) is 0 Å². The fourth-order valence-electron chi connectivity index (χ4n) is 1.81. The van der Waals surface area contributed by atoms with E-state index in [4.69, 9.17) is 4.74 Å². The van der Waals surface area contributed by atoms with Crippen molar-refractivity contribution in [3.05, 3.63) is 46.2 Å². The summed E-state index contributed by atoms with van der Waals surface area (Å²) in [5.41, 5.74) is 0.566. The number of carbonyl (C=O) groups is 2. The Labute approximate surface area is 120 Å². The zero-order valence-corrected chi connectivity index (χ0v) is 11.2. The molecule has 0 fully saturated rings. The van der Waals surface area contributed by atoms with Crippen molar-refractivity contribution in [3.8, 4) is 0 Å². The van der Waals surface area contributed by atoms with Gasteiger partial charge in [0.15, 0.2) is 0 Å². The van der Waals surface area contributed by atoms with Crippen LogP contribution in [-0.2, 0) is 14.3 Å². The van der Waals surface area contributed by atoms with Gasteiger partial charge >= 0.3 is 0 Å². The molecule has 0 unspecified atom stereocenters. The van der Waals surface area contributed by atoms with Crippen LogP contribution in [0.2, 0.25) is 0 Å². The van der Waals surface area contributed by atoms with Crippen LogP contribution in [0, 0.1) is 10.1 Å². The Kier molecular flexibility index (Phi) is 4.29. The molecule has 1 aliphatic rings. The Bertz CT molecular complexity index is 609. The number of benzene rings is 1. The first-order valence-corrected chi connectivity index (χ1v) is 6.11. The fraction of sp³-hybridized carbons (Fsp3) is 0.231. The summed E-state index contributed by atoms with van der Waals surface area (Å²) >= 11 is 0. The molecule has 1 N–H and O–H groups in total. The standard InChI is InChI=1S/C13H13N3O5/c1-21-7-6-15-12(17)8-11(13(15)18)14-9-2-4-10(5-3-9)16(19)20/h2-5,8,14H,6-7H2,1H3. The predicted octanol–water partition coefficient (Wildman–Crippen LogP) is 0.906. The van der Waals surface area contributed by atoms with Gasteiger partial charge in [0.05, 0.1) is 18.1 Å². The largest absolute Gasteiger partial charge is 0.383 e. The summed E-state index contributed by atoms with van der Waals surface area (Å²) in [5.74, 6) is -0.864. The number of nitrogens with one attached hydrogen (secondary N) is 1. The van der Waals surface area contributed by atoms with E-state index in [1.54, 1.807) is 0 Å². The van der Waals surface area contributed by atoms with Gasteiger partial charge in [-0.05, 0) is 12.1 Å². The normalized spacial score (nSPS) is 14.3. The van der Waals surface area contributed by atoms with Crippen molar-refractivity contribution in [1.29, 1.82) is 0 Å². The molecule has 0 saturated carbocycles. The third kappa shape index (κ3) is 3.23. The topological polar surface area (TPSA) is 102 Å². The summed E-state index contributed by atoms with van der Waals surface area (Å²) in [5, 5.41) is 13.3. The summed E-state index contributed by atoms with van der Waals surface area (Å²) in [7, 11) is 1.48. The average molecular weight is 291 g/mol. The minimum absolute atomic E-state index is 0.0509. The van der Waals surface area contributed by atoms with Crippen LogP contribution in [0.4, 0.5) is 11.4 Å². The molecule has 21 heavy (non-hydrogen) atoms. The number of hydrogen-bond acceptors (Lipinski definition) is 6. The molecule has 1 heterocycles. The maximum absolute atomic E-state index is 12.0. The molecule has 1 aliphatic heterocycles. The predicted molar refractivity (Wildman–Crippen MR) is 73.4 cm³/mol. The van der Waals surface area contributed by atoms with E-state index < -0.39 is 16.7 Å². The van der Waals surface area contributed by atoms with E-state index in [2.05, 4.69) is 5.32 Å². The number of nitro groups is 1. The van der Waals surface area contributed by atoms with Gasteiger partial charge in [0.2, 0.25) is 0 Å². The second-order valence-corrected chi connectivity index (χ2v) is 4.27. The first kappa shape index (κ1) is 14.7. The van der Waals surface area contributed by atoms with E-state index in [1.807, 2.05) is 0 Å². The first-order chi connectivity index (χ1) is 10.0. The monoisotopic (exact) mass is 291 g/mol. The summed E-state index contributed by atoms with van der Waals surface area (Å²) in [6.45, 7) is 0.437. The minimum atomic E-state index is -0.514. The van der Waals surface area contributed by atoms with Crippen LogP contribution in [0.1, 0.15) is 0 Å². The van der Waals surface area contributed by atoms with Crippen LogP contribution in [0.15, 0.2) is 36.0 Å². The zero-order chi connectivity index (χ0) is 15.4. The Morgan fingerprint density at radius 2 is 1.95 bits per heavy atom. The van der Waals surface area contributed by atoms with Crippen molar-refractivity contribution < 1.29 is 19.2 Å². The van der Waals surface area contributed by atoms with Gasteiger partial charge in [-0.1, -0.05) is 0 Å². The molecule has 0 bridgehead atoms. The molecule has 0 saturated heterocycles. The van der Waals surface area contributed by atoms with Crippen molar-refractivity contribution in [2.24, 2.45) is 0 Å². The van der Waals surface area contributed by atoms with Crippen molar-refractivity contribution in [2.45, 2.75) is 0 Å². The lowest BCUT2D eigenvalue weighted by Gasteiger charge is -2.14. The number of anilines is 1. The number of amides is 2. The molecule has 1 aromatic rings. The van der Waals surface area contributed by atoms with E-state index in [9.17, 15) is 19.7 Å². The van der Waals surface area contributed by atoms with Crippen LogP contribution in [0.25, 0.3) is 0 Å². The number of methoxy groups -OCH3 is 1. The number of rotatable bonds is 6. The minimum Gasteiger partial charge on any atom is -0.383 e. The molecule has 2 amide bonds. The van der Waals surface area contributed by atoms with Gasteiger partial charge in [0, 0.05) is 31.0 Å². The molecule has 110 valence electrons. The highest BCUT2D eigenvalue weighted by atomic mass is 16.6. The molecule has 2 rings (SSSR count). The number of hydrogen-bond donors (Lipinski definition) is 1. The number of carbonyl (C=O) groups excluding carboxylic acids is 2. The number of nitro benzene ring substituents is 1. The summed E-state index contributed by atoms with van der Waals surface area (Å²) in [6.07, 6.45) is 1.19. The summed E-state index contributed by atoms with van der Waals surface area (Å²) in [6, 6.07) is 5.56. The lowest BCUT2D eigenvalue weighted by molar-refractivity contribution is -0.384. The maximum atomic E-state index is 12.0. The highest BCUT2D eigenvalue weighted by Crippen LogP contribution is 2.19. The molecule has 1 aromatic carbocycles. The van der Waals surface area contributed by atoms with E-state index in [1.165, 1.54) is 37.5 Å². The maximum Gasteiger partial charge on any atom is 0.277 e. The van der Waals surface area contributed by atoms with Gasteiger partial charge in [0.1, 0.15) is 5.70 Å². The third-order valence-corrected chi connectivity index (χ3v) is 2.89. The SMILES string of the molecule is COCCN1C(=O)C=C(Nc2ccc([N+](=O)[O-])cc2)C1=O. The average Bonchev–Trinajstić information content (AvgIpc) is 2.72. The summed E-state index contributed by atoms with van der Waals surface area (Å²) in [4.78, 5) is 34.8. The highest BCUT2D eigenvalue weighted by molar-refractivity contribution is 6.17. The molecular weight excluding hydrogens is 278 g/mol. The molecule has 0 atom stereocenters. The molecule has 8 nitrogen and oxygen atoms in total. The Hall–Kier alpha value is -2.74. The number of nitrogens with zero attached hydrogens (tertiary/aromatic N) is 2. The van der Waals surface area contributed by atoms with Crippen LogP contribution in [0.5, 0.6) is 0 Å². The fourth-order valence-corrected chi connectivity index (χ4v) is 1.81. The van der Waals surface area contributed by atoms with Crippen LogP contribution >= 0.6 is 0 Å². The van der Waals surface area contributed by atoms with Gasteiger partial charge in [-0.25, -0.2) is 0 Å². The third-order valence-electron chi connectivity index (χ3n) is 2.89. The molecule has 0 radical (unpaired) electrons. The number of non-ortho nitro benzene ring substituents is 1. The quantitative estimate of drug-likeness (QED) is 0.475. The van der Waals surface area contributed by atoms with Gasteiger partial charge in [-0.3, -0.25) is 24.6 Å². The smallest absolute Gasteiger partial charge is 0.277 e. The van der Waals surface area contributed by atoms with Crippen LogP contribution in [-0.4, -0.2) is 41.9 Å². The van der Waals surface area contributed by atoms with E-state index in [0.29, 0.717) is 5.69 Å². The number of imide groups is 1. The first-order valence-electron chi connectivity index (χ1n) is 6.11. The molecule has 0 aromatic heterocycles. The second-order valence-electron chi connectivity index (χ2n) is 4.27. The van der Waals surface area contributed by atoms with Crippen molar-refractivity contribution in [3.63, 3.8) is 0 Å². The Morgan fingerprint density at radius 3 is 2.52 bits per heavy atom. The van der Waals surface area contributed by atoms with E-state index in [0.717, 1.165) is 4.90 Å². The molecular formula is C13H13N3O5. The van der Waals surface area contributed by atoms with Crippen molar-refractivity contribution in [2.75, 3.05) is 25.6 Å². The van der Waals surface area contributed by atoms with Gasteiger partial charge in [0.25, 0.3) is 17.5 Å².